The standard InChI is InChI=1S/C11H13BrN2O4/c12-8-1-2-9(13)10(14(15)16)11(8)18-7-3-5-17-6-4-7/h1-2,7H,3-6,13H2. The molecule has 0 aliphatic carbocycles. The number of halogens is 1. The van der Waals surface area contributed by atoms with Crippen LogP contribution in [0.15, 0.2) is 16.6 Å². The maximum absolute atomic E-state index is 11.0. The van der Waals surface area contributed by atoms with Gasteiger partial charge in [0.25, 0.3) is 0 Å². The van der Waals surface area contributed by atoms with E-state index in [1.807, 2.05) is 0 Å². The molecule has 0 bridgehead atoms. The first-order valence-electron chi connectivity index (χ1n) is 5.56. The molecule has 0 saturated carbocycles. The normalized spacial score (nSPS) is 16.5. The van der Waals surface area contributed by atoms with E-state index in [9.17, 15) is 10.1 Å². The van der Waals surface area contributed by atoms with Crippen molar-refractivity contribution in [3.05, 3.63) is 26.7 Å². The second-order valence-electron chi connectivity index (χ2n) is 4.00. The molecule has 0 unspecified atom stereocenters. The zero-order valence-electron chi connectivity index (χ0n) is 9.60. The second-order valence-corrected chi connectivity index (χ2v) is 4.86. The summed E-state index contributed by atoms with van der Waals surface area (Å²) in [5, 5.41) is 11.0. The van der Waals surface area contributed by atoms with Crippen molar-refractivity contribution in [2.45, 2.75) is 18.9 Å². The molecule has 2 rings (SSSR count). The Balaban J connectivity index is 2.30. The largest absolute Gasteiger partial charge is 0.482 e. The van der Waals surface area contributed by atoms with Gasteiger partial charge in [0.2, 0.25) is 5.75 Å². The highest BCUT2D eigenvalue weighted by Crippen LogP contribution is 2.40. The van der Waals surface area contributed by atoms with Crippen molar-refractivity contribution in [1.29, 1.82) is 0 Å². The SMILES string of the molecule is Nc1ccc(Br)c(OC2CCOCC2)c1[N+](=O)[O-]. The molecule has 2 N–H and O–H groups in total. The van der Waals surface area contributed by atoms with Crippen LogP contribution in [0.1, 0.15) is 12.8 Å². The van der Waals surface area contributed by atoms with Crippen molar-refractivity contribution >= 4 is 27.3 Å². The Kier molecular flexibility index (Phi) is 4.03. The monoisotopic (exact) mass is 316 g/mol. The van der Waals surface area contributed by atoms with E-state index in [1.165, 1.54) is 6.07 Å². The smallest absolute Gasteiger partial charge is 0.334 e. The number of benzene rings is 1. The Hall–Kier alpha value is -1.34. The highest BCUT2D eigenvalue weighted by molar-refractivity contribution is 9.10. The van der Waals surface area contributed by atoms with Crippen LogP contribution in [-0.4, -0.2) is 24.2 Å². The van der Waals surface area contributed by atoms with Crippen molar-refractivity contribution in [2.24, 2.45) is 0 Å². The van der Waals surface area contributed by atoms with Crippen LogP contribution in [0, 0.1) is 10.1 Å². The molecule has 0 atom stereocenters. The summed E-state index contributed by atoms with van der Waals surface area (Å²) < 4.78 is 11.5. The Labute approximate surface area is 112 Å². The number of hydrogen-bond donors (Lipinski definition) is 1. The number of anilines is 1. The van der Waals surface area contributed by atoms with Gasteiger partial charge in [0, 0.05) is 12.8 Å². The summed E-state index contributed by atoms with van der Waals surface area (Å²) >= 11 is 3.26. The van der Waals surface area contributed by atoms with Crippen LogP contribution in [0.2, 0.25) is 0 Å². The van der Waals surface area contributed by atoms with Crippen molar-refractivity contribution < 1.29 is 14.4 Å². The lowest BCUT2D eigenvalue weighted by Crippen LogP contribution is -2.26. The summed E-state index contributed by atoms with van der Waals surface area (Å²) in [6, 6.07) is 3.13. The summed E-state index contributed by atoms with van der Waals surface area (Å²) in [4.78, 5) is 10.5. The van der Waals surface area contributed by atoms with Crippen LogP contribution in [-0.2, 0) is 4.74 Å². The van der Waals surface area contributed by atoms with E-state index in [1.54, 1.807) is 6.07 Å². The quantitative estimate of drug-likeness (QED) is 0.526. The number of rotatable bonds is 3. The minimum Gasteiger partial charge on any atom is -0.482 e. The second kappa shape index (κ2) is 5.53. The predicted molar refractivity (Wildman–Crippen MR) is 69.7 cm³/mol. The van der Waals surface area contributed by atoms with Gasteiger partial charge >= 0.3 is 5.69 Å². The van der Waals surface area contributed by atoms with Crippen LogP contribution in [0.3, 0.4) is 0 Å². The molecule has 1 heterocycles. The summed E-state index contributed by atoms with van der Waals surface area (Å²) in [6.07, 6.45) is 1.37. The minimum atomic E-state index is -0.519. The molecule has 1 aromatic carbocycles. The van der Waals surface area contributed by atoms with Crippen molar-refractivity contribution in [3.63, 3.8) is 0 Å². The first-order valence-corrected chi connectivity index (χ1v) is 6.35. The average molecular weight is 317 g/mol. The molecule has 7 heteroatoms. The zero-order chi connectivity index (χ0) is 13.1. The van der Waals surface area contributed by atoms with Crippen molar-refractivity contribution in [2.75, 3.05) is 18.9 Å². The van der Waals surface area contributed by atoms with E-state index >= 15 is 0 Å². The summed E-state index contributed by atoms with van der Waals surface area (Å²) in [5.41, 5.74) is 5.55. The molecule has 1 aliphatic heterocycles. The Morgan fingerprint density at radius 2 is 2.11 bits per heavy atom. The molecular weight excluding hydrogens is 304 g/mol. The van der Waals surface area contributed by atoms with Gasteiger partial charge in [0.15, 0.2) is 0 Å². The maximum Gasteiger partial charge on any atom is 0.334 e. The number of nitrogens with zero attached hydrogens (tertiary/aromatic N) is 1. The number of nitrogens with two attached hydrogens (primary N) is 1. The first-order chi connectivity index (χ1) is 8.59. The van der Waals surface area contributed by atoms with Gasteiger partial charge in [-0.1, -0.05) is 0 Å². The molecule has 0 radical (unpaired) electrons. The van der Waals surface area contributed by atoms with Gasteiger partial charge in [-0.3, -0.25) is 10.1 Å². The van der Waals surface area contributed by atoms with Crippen LogP contribution in [0.5, 0.6) is 5.75 Å². The molecule has 1 saturated heterocycles. The predicted octanol–water partition coefficient (Wildman–Crippen LogP) is 2.50. The lowest BCUT2D eigenvalue weighted by Gasteiger charge is -2.23. The number of nitro benzene ring substituents is 1. The highest BCUT2D eigenvalue weighted by atomic mass is 79.9. The fourth-order valence-electron chi connectivity index (χ4n) is 1.82. The molecular formula is C11H13BrN2O4. The summed E-state index contributed by atoms with van der Waals surface area (Å²) in [5.74, 6) is 0.201. The number of ether oxygens (including phenoxy) is 2. The van der Waals surface area contributed by atoms with E-state index in [0.29, 0.717) is 17.7 Å². The van der Waals surface area contributed by atoms with Gasteiger partial charge in [0.1, 0.15) is 11.8 Å². The van der Waals surface area contributed by atoms with E-state index < -0.39 is 4.92 Å². The van der Waals surface area contributed by atoms with E-state index in [4.69, 9.17) is 15.2 Å². The van der Waals surface area contributed by atoms with Gasteiger partial charge in [-0.2, -0.15) is 0 Å². The maximum atomic E-state index is 11.0. The number of hydrogen-bond acceptors (Lipinski definition) is 5. The summed E-state index contributed by atoms with van der Waals surface area (Å²) in [6.45, 7) is 1.22. The third-order valence-electron chi connectivity index (χ3n) is 2.75. The van der Waals surface area contributed by atoms with Gasteiger partial charge in [-0.15, -0.1) is 0 Å². The van der Waals surface area contributed by atoms with Crippen molar-refractivity contribution in [1.82, 2.24) is 0 Å². The minimum absolute atomic E-state index is 0.0736. The molecule has 1 aromatic rings. The molecule has 6 nitrogen and oxygen atoms in total. The molecule has 18 heavy (non-hydrogen) atoms. The Morgan fingerprint density at radius 1 is 1.44 bits per heavy atom. The van der Waals surface area contributed by atoms with Gasteiger partial charge in [0.05, 0.1) is 22.6 Å². The molecule has 1 fully saturated rings. The number of nitrogen functional groups attached to an aromatic ring is 1. The molecule has 1 aliphatic rings. The lowest BCUT2D eigenvalue weighted by molar-refractivity contribution is -0.385. The van der Waals surface area contributed by atoms with E-state index in [0.717, 1.165) is 12.8 Å². The van der Waals surface area contributed by atoms with Crippen LogP contribution in [0.4, 0.5) is 11.4 Å². The fourth-order valence-corrected chi connectivity index (χ4v) is 2.24. The molecule has 0 spiro atoms. The molecule has 0 aromatic heterocycles. The Bertz CT molecular complexity index is 461. The highest BCUT2D eigenvalue weighted by Gasteiger charge is 2.26. The van der Waals surface area contributed by atoms with E-state index in [-0.39, 0.29) is 23.2 Å². The van der Waals surface area contributed by atoms with Crippen molar-refractivity contribution in [3.8, 4) is 5.75 Å². The zero-order valence-corrected chi connectivity index (χ0v) is 11.2. The lowest BCUT2D eigenvalue weighted by atomic mass is 10.1. The first kappa shape index (κ1) is 13.1. The van der Waals surface area contributed by atoms with E-state index in [2.05, 4.69) is 15.9 Å². The van der Waals surface area contributed by atoms with Gasteiger partial charge in [-0.25, -0.2) is 0 Å². The molecule has 98 valence electrons. The third kappa shape index (κ3) is 2.73. The van der Waals surface area contributed by atoms with Crippen LogP contribution in [0.25, 0.3) is 0 Å². The Morgan fingerprint density at radius 3 is 2.72 bits per heavy atom. The summed E-state index contributed by atoms with van der Waals surface area (Å²) in [7, 11) is 0. The van der Waals surface area contributed by atoms with Gasteiger partial charge < -0.3 is 15.2 Å². The molecule has 0 amide bonds. The fraction of sp³-hybridized carbons (Fsp3) is 0.455. The third-order valence-corrected chi connectivity index (χ3v) is 3.37. The van der Waals surface area contributed by atoms with Crippen LogP contribution >= 0.6 is 15.9 Å². The average Bonchev–Trinajstić information content (AvgIpc) is 2.35. The number of nitro groups is 1. The van der Waals surface area contributed by atoms with Gasteiger partial charge in [-0.05, 0) is 28.1 Å². The van der Waals surface area contributed by atoms with Crippen LogP contribution < -0.4 is 10.5 Å². The topological polar surface area (TPSA) is 87.6 Å².